The van der Waals surface area contributed by atoms with Crippen LogP contribution in [-0.4, -0.2) is 69.8 Å². The molecule has 22 aromatic rings. The molecule has 10 aromatic heterocycles. The van der Waals surface area contributed by atoms with Gasteiger partial charge in [0, 0.05) is 169 Å². The quantitative estimate of drug-likeness (QED) is 0.0653. The molecule has 0 saturated carbocycles. The predicted octanol–water partition coefficient (Wildman–Crippen LogP) is 26.3. The smallest absolute Gasteiger partial charge is 0.346 e. The van der Waals surface area contributed by atoms with E-state index in [0.29, 0.717) is 11.4 Å². The zero-order valence-electron chi connectivity index (χ0n) is 72.3. The van der Waals surface area contributed by atoms with Crippen molar-refractivity contribution in [3.63, 3.8) is 0 Å². The van der Waals surface area contributed by atoms with E-state index in [1.54, 1.807) is 124 Å². The average molecular weight is 2490 g/mol. The van der Waals surface area contributed by atoms with Crippen LogP contribution in [0.2, 0.25) is 0 Å². The molecule has 23 heteroatoms. The predicted molar refractivity (Wildman–Crippen MR) is 523 cm³/mol. The molecule has 10 heterocycles. The van der Waals surface area contributed by atoms with Crippen LogP contribution in [0.1, 0.15) is 0 Å². The van der Waals surface area contributed by atoms with Gasteiger partial charge in [0.2, 0.25) is 0 Å². The van der Waals surface area contributed by atoms with Crippen LogP contribution in [0.15, 0.2) is 445 Å². The van der Waals surface area contributed by atoms with Gasteiger partial charge in [-0.1, -0.05) is 103 Å². The van der Waals surface area contributed by atoms with Crippen LogP contribution in [-0.2, 0) is 84.3 Å². The van der Waals surface area contributed by atoms with E-state index in [-0.39, 0.29) is 90.1 Å². The summed E-state index contributed by atoms with van der Waals surface area (Å²) in [4.78, 5) is 69.3. The Morgan fingerprint density at radius 3 is 0.693 bits per heavy atom. The monoisotopic (exact) mass is 2490 g/mol. The fraction of sp³-hybridized carbons (Fsp3) is 0. The Labute approximate surface area is 850 Å². The summed E-state index contributed by atoms with van der Waals surface area (Å²) < 4.78 is 13.7. The minimum Gasteiger partial charge on any atom is -0.346 e. The third-order valence-corrected chi connectivity index (χ3v) is 21.2. The van der Waals surface area contributed by atoms with Crippen LogP contribution in [0.5, 0.6) is 0 Å². The summed E-state index contributed by atoms with van der Waals surface area (Å²) in [6.45, 7) is 0. The number of halogens is 1. The number of aromatic nitrogens is 14. The zero-order valence-corrected chi connectivity index (χ0v) is 81.4. The van der Waals surface area contributed by atoms with Crippen molar-refractivity contribution in [1.82, 2.24) is 69.8 Å². The molecule has 0 unspecified atom stereocenters. The summed E-state index contributed by atoms with van der Waals surface area (Å²) in [5.74, 6) is -0.303. The maximum Gasteiger partial charge on any atom is 2.00 e. The van der Waals surface area contributed by atoms with Crippen LogP contribution >= 0.6 is 0 Å². The van der Waals surface area contributed by atoms with Gasteiger partial charge in [0.1, 0.15) is 5.82 Å². The number of para-hydroxylation sites is 1. The van der Waals surface area contributed by atoms with Gasteiger partial charge in [-0.05, 0) is 163 Å². The van der Waals surface area contributed by atoms with Crippen LogP contribution in [0.3, 0.4) is 0 Å². The van der Waals surface area contributed by atoms with E-state index in [1.165, 1.54) is 12.1 Å². The summed E-state index contributed by atoms with van der Waals surface area (Å²) in [6.07, 6.45) is 34.6. The van der Waals surface area contributed by atoms with Gasteiger partial charge >= 0.3 is 84.3 Å². The second-order valence-electron chi connectivity index (χ2n) is 29.8. The number of nitrogens with zero attached hydrogens (tertiary/aromatic N) is 18. The van der Waals surface area contributed by atoms with Crippen molar-refractivity contribution in [2.24, 2.45) is 0 Å². The molecular formula is C114H73FN18Pt4. The van der Waals surface area contributed by atoms with Crippen molar-refractivity contribution in [2.45, 2.75) is 0 Å². The Bertz CT molecular complexity index is 7060. The van der Waals surface area contributed by atoms with Gasteiger partial charge in [-0.25, -0.2) is 4.39 Å². The molecule has 0 aliphatic rings. The van der Waals surface area contributed by atoms with Crippen LogP contribution in [0, 0.1) is 54.3 Å². The summed E-state index contributed by atoms with van der Waals surface area (Å²) in [5.41, 5.74) is 24.1. The van der Waals surface area contributed by atoms with Gasteiger partial charge in [0.25, 0.3) is 0 Å². The van der Waals surface area contributed by atoms with E-state index >= 15 is 0 Å². The molecule has 0 saturated heterocycles. The maximum absolute atomic E-state index is 13.7. The molecule has 0 bridgehead atoms. The summed E-state index contributed by atoms with van der Waals surface area (Å²) in [6, 6.07) is 133. The first-order chi connectivity index (χ1) is 65.9. The Morgan fingerprint density at radius 1 is 0.168 bits per heavy atom. The van der Waals surface area contributed by atoms with Crippen LogP contribution in [0.25, 0.3) is 112 Å². The second kappa shape index (κ2) is 47.3. The van der Waals surface area contributed by atoms with E-state index in [1.807, 2.05) is 217 Å². The Balaban J connectivity index is 0.000000138. The molecule has 137 heavy (non-hydrogen) atoms. The number of benzene rings is 12. The Morgan fingerprint density at radius 2 is 0.416 bits per heavy atom. The van der Waals surface area contributed by atoms with Gasteiger partial charge in [-0.3, -0.25) is 29.9 Å². The first-order valence-electron chi connectivity index (χ1n) is 42.4. The molecule has 0 aliphatic carbocycles. The largest absolute Gasteiger partial charge is 2.00 e. The number of anilines is 12. The van der Waals surface area contributed by atoms with Gasteiger partial charge in [0.15, 0.2) is 0 Å². The minimum atomic E-state index is -0.303. The normalized spacial score (nSPS) is 10.4. The molecule has 12 aromatic carbocycles. The maximum atomic E-state index is 13.7. The number of hydrogen-bond acceptors (Lipinski definition) is 18. The fourth-order valence-corrected chi connectivity index (χ4v) is 14.9. The Kier molecular flexibility index (Phi) is 33.1. The summed E-state index contributed by atoms with van der Waals surface area (Å²) in [5, 5.41) is 4.56. The minimum absolute atomic E-state index is 0. The molecule has 0 amide bonds. The van der Waals surface area contributed by atoms with E-state index < -0.39 is 0 Å². The Hall–Kier alpha value is -15.7. The molecule has 0 N–H and O–H groups in total. The van der Waals surface area contributed by atoms with E-state index in [2.05, 4.69) is 220 Å². The number of fused-ring (bicyclic) bond motifs is 2. The number of pyridine rings is 6. The molecule has 18 nitrogen and oxygen atoms in total. The molecular weight excluding hydrogens is 2420 g/mol. The second-order valence-corrected chi connectivity index (χ2v) is 29.8. The van der Waals surface area contributed by atoms with Gasteiger partial charge in [-0.2, -0.15) is 0 Å². The van der Waals surface area contributed by atoms with Crippen molar-refractivity contribution in [1.29, 1.82) is 0 Å². The van der Waals surface area contributed by atoms with Crippen molar-refractivity contribution >= 4 is 89.8 Å². The third-order valence-electron chi connectivity index (χ3n) is 21.2. The van der Waals surface area contributed by atoms with E-state index in [0.717, 1.165) is 168 Å². The van der Waals surface area contributed by atoms with Crippen molar-refractivity contribution < 1.29 is 88.7 Å². The topological polar surface area (TPSA) is 193 Å². The van der Waals surface area contributed by atoms with Crippen LogP contribution < -0.4 is 19.6 Å². The number of rotatable bonds is 20. The number of hydrogen-bond donors (Lipinski definition) is 0. The third kappa shape index (κ3) is 23.7. The molecule has 0 atom stereocenters. The van der Waals surface area contributed by atoms with Crippen molar-refractivity contribution in [3.8, 4) is 90.1 Å². The standard InChI is InChI=1S/C36H23N3.C27H18N4.C26H16FN5.C25H16N6.4Pt/c1-2-16-32(17-3-1)39(33-18-8-14-28(20-33)35-22-26-10-4-6-12-30(26)24-37-35)34-19-9-15-29(21-34)36-23-27-11-5-7-13-31(27)25-38-36;1-3-15-29-26(11-1)21-7-5-9-24(19-21)31(23-13-17-28-18-14-23)25-10-6-8-22(20-25)27-12-2-4-16-30-27;27-21-7-9-22(10-8-21)32(23-5-1-3-19(15-23)25-17-28-11-13-30-25)24-6-2-4-20(16-24)26-18-29-12-14-31-26;1-3-19(24-17-27-11-13-29-24)15-22(5-1)31(21-7-9-26-10-8-21)23-6-2-4-20(16-23)25-18-28-12-14-30-25;;;;/h1-19,22-25H;1-18H;1-14,17-18H;1-14,17-18H;;;;/q4*-2;4*+2. The van der Waals surface area contributed by atoms with Crippen molar-refractivity contribution in [2.75, 3.05) is 19.6 Å². The molecule has 0 fully saturated rings. The molecule has 0 radical (unpaired) electrons. The molecule has 0 spiro atoms. The zero-order chi connectivity index (χ0) is 89.5. The fourth-order valence-electron chi connectivity index (χ4n) is 14.9. The van der Waals surface area contributed by atoms with E-state index in [9.17, 15) is 4.39 Å². The molecule has 666 valence electrons. The van der Waals surface area contributed by atoms with Crippen LogP contribution in [0.4, 0.5) is 72.6 Å². The summed E-state index contributed by atoms with van der Waals surface area (Å²) in [7, 11) is 0. The van der Waals surface area contributed by atoms with Crippen molar-refractivity contribution in [3.05, 3.63) is 500 Å². The summed E-state index contributed by atoms with van der Waals surface area (Å²) >= 11 is 0. The van der Waals surface area contributed by atoms with Gasteiger partial charge in [-0.15, -0.1) is 239 Å². The SMILES string of the molecule is Fc1ccc(N(c2[c-]c(-c3cnccn3)ccc2)c2[c-]c(-c3cnccn3)ccc2)cc1.[Pt+2].[Pt+2].[Pt+2].[Pt+2].[c-]1c(-c2cc3ccccc3cn2)cccc1N(c1[c-]c(-c2cc3ccccc3cn2)ccc1)c1ccccc1.[c-]1c(-c2ccccn2)cccc1N(c1[c-]c(-c2ccccn2)ccc1)c1ccncc1.[c-]1c(-c2cnccn2)cccc1N(c1[c-]c(-c2cnccn2)ccc1)c1ccncc1. The van der Waals surface area contributed by atoms with Gasteiger partial charge < -0.3 is 59.5 Å². The first kappa shape index (κ1) is 95.9. The molecule has 0 aliphatic heterocycles. The average Bonchev–Trinajstić information content (AvgIpc) is 0.781. The van der Waals surface area contributed by atoms with Gasteiger partial charge in [0.05, 0.1) is 0 Å². The van der Waals surface area contributed by atoms with E-state index in [4.69, 9.17) is 9.97 Å². The molecule has 22 rings (SSSR count). The first-order valence-corrected chi connectivity index (χ1v) is 42.4.